The van der Waals surface area contributed by atoms with Crippen molar-refractivity contribution in [1.82, 2.24) is 5.32 Å². The van der Waals surface area contributed by atoms with E-state index in [1.807, 2.05) is 25.1 Å². The van der Waals surface area contributed by atoms with Crippen LogP contribution in [0.5, 0.6) is 0 Å². The number of hydrogen-bond acceptors (Lipinski definition) is 4. The van der Waals surface area contributed by atoms with E-state index in [2.05, 4.69) is 5.32 Å². The zero-order chi connectivity index (χ0) is 18.7. The standard InChI is InChI=1S/C21H28N2O3/c1-13(22)8-21(26)23-18-6-2-14(3-7-18)9-20(25)16-5-4-15-11-19(24)12-17(15)10-16/h4-5,10,13-14,18H,2-3,6-9,11-12,22H2,1H3,(H,23,26)/t13-,14?,18?/m1/s1. The summed E-state index contributed by atoms with van der Waals surface area (Å²) in [6, 6.07) is 5.78. The topological polar surface area (TPSA) is 89.3 Å². The molecule has 1 fully saturated rings. The van der Waals surface area contributed by atoms with Gasteiger partial charge < -0.3 is 11.1 Å². The summed E-state index contributed by atoms with van der Waals surface area (Å²) in [6.45, 7) is 1.83. The number of nitrogens with two attached hydrogens (primary N) is 1. The van der Waals surface area contributed by atoms with Crippen LogP contribution in [0.2, 0.25) is 0 Å². The molecule has 1 aromatic carbocycles. The lowest BCUT2D eigenvalue weighted by Gasteiger charge is -2.29. The van der Waals surface area contributed by atoms with Crippen LogP contribution in [0.4, 0.5) is 0 Å². The Morgan fingerprint density at radius 2 is 1.85 bits per heavy atom. The van der Waals surface area contributed by atoms with E-state index in [4.69, 9.17) is 5.73 Å². The molecule has 5 nitrogen and oxygen atoms in total. The Kier molecular flexibility index (Phi) is 5.87. The van der Waals surface area contributed by atoms with Crippen LogP contribution in [0.15, 0.2) is 18.2 Å². The zero-order valence-corrected chi connectivity index (χ0v) is 15.4. The molecular formula is C21H28N2O3. The number of hydrogen-bond donors (Lipinski definition) is 2. The molecule has 0 aliphatic heterocycles. The predicted octanol–water partition coefficient (Wildman–Crippen LogP) is 2.34. The van der Waals surface area contributed by atoms with Gasteiger partial charge in [0.25, 0.3) is 0 Å². The van der Waals surface area contributed by atoms with E-state index in [0.717, 1.165) is 42.4 Å². The first-order chi connectivity index (χ1) is 12.4. The summed E-state index contributed by atoms with van der Waals surface area (Å²) in [5.41, 5.74) is 8.46. The lowest BCUT2D eigenvalue weighted by molar-refractivity contribution is -0.122. The van der Waals surface area contributed by atoms with Crippen LogP contribution in [0, 0.1) is 5.92 Å². The number of Topliss-reactive ketones (excluding diaryl/α,β-unsaturated/α-hetero) is 2. The van der Waals surface area contributed by atoms with Crippen LogP contribution < -0.4 is 11.1 Å². The molecule has 0 radical (unpaired) electrons. The third-order valence-corrected chi connectivity index (χ3v) is 5.50. The average molecular weight is 356 g/mol. The van der Waals surface area contributed by atoms with Gasteiger partial charge in [-0.3, -0.25) is 14.4 Å². The van der Waals surface area contributed by atoms with E-state index in [1.165, 1.54) is 0 Å². The van der Waals surface area contributed by atoms with Gasteiger partial charge in [0.05, 0.1) is 0 Å². The first kappa shape index (κ1) is 18.8. The van der Waals surface area contributed by atoms with Crippen molar-refractivity contribution in [3.63, 3.8) is 0 Å². The summed E-state index contributed by atoms with van der Waals surface area (Å²) < 4.78 is 0. The van der Waals surface area contributed by atoms with Gasteiger partial charge in [0.15, 0.2) is 5.78 Å². The number of carbonyl (C=O) groups excluding carboxylic acids is 3. The van der Waals surface area contributed by atoms with Gasteiger partial charge in [-0.2, -0.15) is 0 Å². The number of carbonyl (C=O) groups is 3. The minimum absolute atomic E-state index is 0.0206. The maximum Gasteiger partial charge on any atom is 0.221 e. The second-order valence-corrected chi connectivity index (χ2v) is 7.97. The molecule has 0 unspecified atom stereocenters. The molecule has 1 saturated carbocycles. The fourth-order valence-corrected chi connectivity index (χ4v) is 4.09. The normalized spacial score (nSPS) is 23.4. The van der Waals surface area contributed by atoms with E-state index < -0.39 is 0 Å². The lowest BCUT2D eigenvalue weighted by Crippen LogP contribution is -2.39. The fraction of sp³-hybridized carbons (Fsp3) is 0.571. The maximum atomic E-state index is 12.6. The van der Waals surface area contributed by atoms with Gasteiger partial charge in [-0.05, 0) is 55.7 Å². The smallest absolute Gasteiger partial charge is 0.221 e. The van der Waals surface area contributed by atoms with E-state index in [1.54, 1.807) is 0 Å². The van der Waals surface area contributed by atoms with Crippen LogP contribution in [-0.4, -0.2) is 29.6 Å². The van der Waals surface area contributed by atoms with Gasteiger partial charge in [0, 0.05) is 43.3 Å². The monoisotopic (exact) mass is 356 g/mol. The second kappa shape index (κ2) is 8.12. The van der Waals surface area contributed by atoms with Gasteiger partial charge in [0.1, 0.15) is 5.78 Å². The van der Waals surface area contributed by atoms with E-state index in [-0.39, 0.29) is 29.6 Å². The molecule has 0 spiro atoms. The quantitative estimate of drug-likeness (QED) is 0.766. The van der Waals surface area contributed by atoms with Crippen molar-refractivity contribution in [2.75, 3.05) is 0 Å². The highest BCUT2D eigenvalue weighted by Gasteiger charge is 2.25. The molecule has 0 saturated heterocycles. The molecule has 3 N–H and O–H groups in total. The SMILES string of the molecule is C[C@@H](N)CC(=O)NC1CCC(CC(=O)c2ccc3c(c2)CC(=O)C3)CC1. The minimum Gasteiger partial charge on any atom is -0.353 e. The van der Waals surface area contributed by atoms with Crippen molar-refractivity contribution in [2.24, 2.45) is 11.7 Å². The second-order valence-electron chi connectivity index (χ2n) is 7.97. The number of nitrogens with one attached hydrogen (secondary N) is 1. The molecule has 2 aliphatic rings. The van der Waals surface area contributed by atoms with Crippen molar-refractivity contribution in [3.8, 4) is 0 Å². The Morgan fingerprint density at radius 3 is 2.54 bits per heavy atom. The Balaban J connectivity index is 1.47. The molecular weight excluding hydrogens is 328 g/mol. The van der Waals surface area contributed by atoms with Crippen molar-refractivity contribution in [1.29, 1.82) is 0 Å². The highest BCUT2D eigenvalue weighted by molar-refractivity contribution is 5.97. The van der Waals surface area contributed by atoms with E-state index in [9.17, 15) is 14.4 Å². The van der Waals surface area contributed by atoms with Crippen LogP contribution in [0.25, 0.3) is 0 Å². The fourth-order valence-electron chi connectivity index (χ4n) is 4.09. The van der Waals surface area contributed by atoms with Gasteiger partial charge in [-0.25, -0.2) is 0 Å². The molecule has 26 heavy (non-hydrogen) atoms. The summed E-state index contributed by atoms with van der Waals surface area (Å²) in [6.07, 6.45) is 5.62. The first-order valence-corrected chi connectivity index (χ1v) is 9.62. The van der Waals surface area contributed by atoms with Gasteiger partial charge in [-0.1, -0.05) is 12.1 Å². The largest absolute Gasteiger partial charge is 0.353 e. The molecule has 1 atom stereocenters. The number of fused-ring (bicyclic) bond motifs is 1. The predicted molar refractivity (Wildman–Crippen MR) is 100.0 cm³/mol. The zero-order valence-electron chi connectivity index (χ0n) is 15.4. The molecule has 0 heterocycles. The van der Waals surface area contributed by atoms with Crippen LogP contribution in [0.1, 0.15) is 66.9 Å². The molecule has 0 bridgehead atoms. The maximum absolute atomic E-state index is 12.6. The molecule has 2 aliphatic carbocycles. The Bertz CT molecular complexity index is 703. The Labute approximate surface area is 154 Å². The highest BCUT2D eigenvalue weighted by Crippen LogP contribution is 2.29. The molecule has 0 aromatic heterocycles. The van der Waals surface area contributed by atoms with Gasteiger partial charge in [0.2, 0.25) is 5.91 Å². The number of ketones is 2. The number of benzene rings is 1. The Morgan fingerprint density at radius 1 is 1.15 bits per heavy atom. The average Bonchev–Trinajstić information content (AvgIpc) is 2.95. The van der Waals surface area contributed by atoms with Crippen molar-refractivity contribution in [3.05, 3.63) is 34.9 Å². The summed E-state index contributed by atoms with van der Waals surface area (Å²) in [5, 5.41) is 3.05. The summed E-state index contributed by atoms with van der Waals surface area (Å²) in [5.74, 6) is 0.789. The lowest BCUT2D eigenvalue weighted by atomic mass is 9.82. The van der Waals surface area contributed by atoms with Crippen molar-refractivity contribution < 1.29 is 14.4 Å². The van der Waals surface area contributed by atoms with Crippen molar-refractivity contribution >= 4 is 17.5 Å². The van der Waals surface area contributed by atoms with Crippen LogP contribution in [-0.2, 0) is 22.4 Å². The summed E-state index contributed by atoms with van der Waals surface area (Å²) in [4.78, 5) is 36.0. The molecule has 1 aromatic rings. The minimum atomic E-state index is -0.119. The summed E-state index contributed by atoms with van der Waals surface area (Å²) >= 11 is 0. The van der Waals surface area contributed by atoms with Crippen LogP contribution >= 0.6 is 0 Å². The van der Waals surface area contributed by atoms with Crippen molar-refractivity contribution in [2.45, 2.75) is 70.4 Å². The molecule has 3 rings (SSSR count). The third-order valence-electron chi connectivity index (χ3n) is 5.50. The highest BCUT2D eigenvalue weighted by atomic mass is 16.1. The van der Waals surface area contributed by atoms with Gasteiger partial charge >= 0.3 is 0 Å². The summed E-state index contributed by atoms with van der Waals surface area (Å²) in [7, 11) is 0. The molecule has 5 heteroatoms. The first-order valence-electron chi connectivity index (χ1n) is 9.62. The third kappa shape index (κ3) is 4.79. The molecule has 1 amide bonds. The molecule has 140 valence electrons. The number of rotatable bonds is 6. The van der Waals surface area contributed by atoms with Crippen LogP contribution in [0.3, 0.4) is 0 Å². The van der Waals surface area contributed by atoms with E-state index in [0.29, 0.717) is 31.6 Å². The van der Waals surface area contributed by atoms with Gasteiger partial charge in [-0.15, -0.1) is 0 Å². The number of amides is 1. The van der Waals surface area contributed by atoms with E-state index >= 15 is 0 Å². The Hall–Kier alpha value is -2.01.